The van der Waals surface area contributed by atoms with E-state index in [1.54, 1.807) is 14.2 Å². The molecular formula is C9H19NO2S. The van der Waals surface area contributed by atoms with Crippen LogP contribution in [0.3, 0.4) is 0 Å². The van der Waals surface area contributed by atoms with Gasteiger partial charge in [0.15, 0.2) is 6.29 Å². The minimum Gasteiger partial charge on any atom is -0.353 e. The summed E-state index contributed by atoms with van der Waals surface area (Å²) in [5.41, 5.74) is 0. The minimum absolute atomic E-state index is 0.110. The lowest BCUT2D eigenvalue weighted by Gasteiger charge is -2.41. The molecule has 0 aliphatic carbocycles. The Morgan fingerprint density at radius 3 is 2.54 bits per heavy atom. The van der Waals surface area contributed by atoms with Gasteiger partial charge in [-0.1, -0.05) is 0 Å². The van der Waals surface area contributed by atoms with Crippen molar-refractivity contribution in [2.45, 2.75) is 37.5 Å². The molecule has 0 aromatic rings. The molecule has 2 unspecified atom stereocenters. The summed E-state index contributed by atoms with van der Waals surface area (Å²) in [7, 11) is 3.36. The molecule has 1 saturated heterocycles. The van der Waals surface area contributed by atoms with Crippen LogP contribution in [0.4, 0.5) is 0 Å². The van der Waals surface area contributed by atoms with Crippen molar-refractivity contribution in [3.63, 3.8) is 0 Å². The monoisotopic (exact) mass is 205 g/mol. The molecule has 0 spiro atoms. The average Bonchev–Trinajstić information content (AvgIpc) is 2.05. The number of hydrogen-bond acceptors (Lipinski definition) is 4. The first-order valence-electron chi connectivity index (χ1n) is 4.59. The average molecular weight is 205 g/mol. The van der Waals surface area contributed by atoms with Crippen molar-refractivity contribution in [3.05, 3.63) is 0 Å². The first-order chi connectivity index (χ1) is 6.12. The Morgan fingerprint density at radius 2 is 2.08 bits per heavy atom. The summed E-state index contributed by atoms with van der Waals surface area (Å²) < 4.78 is 10.6. The van der Waals surface area contributed by atoms with Crippen LogP contribution in [0.15, 0.2) is 0 Å². The number of methoxy groups -OCH3 is 2. The third-order valence-electron chi connectivity index (χ3n) is 2.36. The highest BCUT2D eigenvalue weighted by molar-refractivity contribution is 8.00. The van der Waals surface area contributed by atoms with Crippen molar-refractivity contribution < 1.29 is 9.47 Å². The van der Waals surface area contributed by atoms with Crippen molar-refractivity contribution in [2.24, 2.45) is 0 Å². The van der Waals surface area contributed by atoms with Crippen LogP contribution in [0.1, 0.15) is 20.3 Å². The Labute approximate surface area is 84.6 Å². The Morgan fingerprint density at radius 1 is 1.46 bits per heavy atom. The Bertz CT molecular complexity index is 164. The molecule has 0 radical (unpaired) electrons. The van der Waals surface area contributed by atoms with Gasteiger partial charge in [-0.05, 0) is 26.0 Å². The maximum Gasteiger partial charge on any atom is 0.184 e. The van der Waals surface area contributed by atoms with E-state index in [9.17, 15) is 0 Å². The van der Waals surface area contributed by atoms with E-state index in [0.29, 0.717) is 6.04 Å². The lowest BCUT2D eigenvalue weighted by Crippen LogP contribution is -2.56. The van der Waals surface area contributed by atoms with Crippen molar-refractivity contribution in [1.29, 1.82) is 0 Å². The molecule has 1 fully saturated rings. The predicted octanol–water partition coefficient (Wildman–Crippen LogP) is 1.44. The second-order valence-corrected chi connectivity index (χ2v) is 5.14. The molecule has 3 nitrogen and oxygen atoms in total. The second-order valence-electron chi connectivity index (χ2n) is 3.59. The van der Waals surface area contributed by atoms with Crippen LogP contribution in [0.25, 0.3) is 0 Å². The quantitative estimate of drug-likeness (QED) is 0.706. The first-order valence-corrected chi connectivity index (χ1v) is 5.58. The Balaban J connectivity index is 2.61. The summed E-state index contributed by atoms with van der Waals surface area (Å²) in [6.07, 6.45) is 1.03. The summed E-state index contributed by atoms with van der Waals surface area (Å²) in [6, 6.07) is 0.541. The summed E-state index contributed by atoms with van der Waals surface area (Å²) in [5, 5.41) is 3.51. The van der Waals surface area contributed by atoms with Gasteiger partial charge in [0.1, 0.15) is 4.87 Å². The van der Waals surface area contributed by atoms with E-state index in [0.717, 1.165) is 5.75 Å². The van der Waals surface area contributed by atoms with Crippen LogP contribution in [0.5, 0.6) is 0 Å². The van der Waals surface area contributed by atoms with Crippen molar-refractivity contribution in [1.82, 2.24) is 5.32 Å². The number of thioether (sulfide) groups is 1. The minimum atomic E-state index is -0.180. The van der Waals surface area contributed by atoms with Gasteiger partial charge in [-0.15, -0.1) is 11.8 Å². The predicted molar refractivity (Wildman–Crippen MR) is 55.9 cm³/mol. The highest BCUT2D eigenvalue weighted by Crippen LogP contribution is 2.33. The fourth-order valence-electron chi connectivity index (χ4n) is 1.73. The normalized spacial score (nSPS) is 35.3. The molecule has 1 heterocycles. The van der Waals surface area contributed by atoms with Gasteiger partial charge >= 0.3 is 0 Å². The third-order valence-corrected chi connectivity index (χ3v) is 3.71. The fraction of sp³-hybridized carbons (Fsp3) is 1.00. The Kier molecular flexibility index (Phi) is 4.04. The topological polar surface area (TPSA) is 30.5 Å². The van der Waals surface area contributed by atoms with Crippen LogP contribution >= 0.6 is 11.8 Å². The van der Waals surface area contributed by atoms with E-state index in [-0.39, 0.29) is 11.2 Å². The first kappa shape index (κ1) is 11.3. The second kappa shape index (κ2) is 4.64. The highest BCUT2D eigenvalue weighted by Gasteiger charge is 2.38. The zero-order chi connectivity index (χ0) is 9.90. The van der Waals surface area contributed by atoms with Gasteiger partial charge < -0.3 is 9.47 Å². The summed E-state index contributed by atoms with van der Waals surface area (Å²) in [6.45, 7) is 4.32. The SMILES string of the molecule is COC(OC)C1(C)NC(C)CCS1. The van der Waals surface area contributed by atoms with Gasteiger partial charge in [-0.25, -0.2) is 0 Å². The van der Waals surface area contributed by atoms with Gasteiger partial charge in [0, 0.05) is 20.3 Å². The van der Waals surface area contributed by atoms with Crippen molar-refractivity contribution in [3.8, 4) is 0 Å². The maximum absolute atomic E-state index is 5.28. The number of ether oxygens (including phenoxy) is 2. The van der Waals surface area contributed by atoms with Crippen LogP contribution in [-0.4, -0.2) is 37.2 Å². The molecule has 4 heteroatoms. The highest BCUT2D eigenvalue weighted by atomic mass is 32.2. The van der Waals surface area contributed by atoms with E-state index in [1.807, 2.05) is 11.8 Å². The molecule has 13 heavy (non-hydrogen) atoms. The van der Waals surface area contributed by atoms with Gasteiger partial charge in [0.05, 0.1) is 0 Å². The van der Waals surface area contributed by atoms with Crippen LogP contribution in [0.2, 0.25) is 0 Å². The fourth-order valence-corrected chi connectivity index (χ4v) is 3.24. The molecule has 1 N–H and O–H groups in total. The van der Waals surface area contributed by atoms with Crippen molar-refractivity contribution >= 4 is 11.8 Å². The van der Waals surface area contributed by atoms with Crippen LogP contribution < -0.4 is 5.32 Å². The van der Waals surface area contributed by atoms with E-state index < -0.39 is 0 Å². The molecule has 0 bridgehead atoms. The van der Waals surface area contributed by atoms with Gasteiger partial charge in [-0.3, -0.25) is 5.32 Å². The molecule has 2 atom stereocenters. The largest absolute Gasteiger partial charge is 0.353 e. The number of hydrogen-bond donors (Lipinski definition) is 1. The van der Waals surface area contributed by atoms with Gasteiger partial charge in [0.25, 0.3) is 0 Å². The summed E-state index contributed by atoms with van der Waals surface area (Å²) in [4.78, 5) is -0.110. The Hall–Kier alpha value is 0.230. The zero-order valence-corrected chi connectivity index (χ0v) is 9.61. The van der Waals surface area contributed by atoms with Gasteiger partial charge in [-0.2, -0.15) is 0 Å². The van der Waals surface area contributed by atoms with E-state index >= 15 is 0 Å². The molecule has 0 aromatic carbocycles. The molecule has 1 aliphatic rings. The van der Waals surface area contributed by atoms with Crippen LogP contribution in [0, 0.1) is 0 Å². The smallest absolute Gasteiger partial charge is 0.184 e. The lowest BCUT2D eigenvalue weighted by molar-refractivity contribution is -0.130. The van der Waals surface area contributed by atoms with E-state index in [1.165, 1.54) is 6.42 Å². The molecule has 0 saturated carbocycles. The summed E-state index contributed by atoms with van der Waals surface area (Å²) in [5.74, 6) is 1.16. The lowest BCUT2D eigenvalue weighted by atomic mass is 10.2. The zero-order valence-electron chi connectivity index (χ0n) is 8.79. The maximum atomic E-state index is 5.28. The van der Waals surface area contributed by atoms with Gasteiger partial charge in [0.2, 0.25) is 0 Å². The molecule has 1 rings (SSSR count). The number of nitrogens with one attached hydrogen (secondary N) is 1. The molecule has 0 aromatic heterocycles. The molecule has 1 aliphatic heterocycles. The number of rotatable bonds is 3. The molecule has 0 amide bonds. The molecule has 78 valence electrons. The summed E-state index contributed by atoms with van der Waals surface area (Å²) >= 11 is 1.87. The third kappa shape index (κ3) is 2.59. The van der Waals surface area contributed by atoms with E-state index in [2.05, 4.69) is 19.2 Å². The van der Waals surface area contributed by atoms with E-state index in [4.69, 9.17) is 9.47 Å². The van der Waals surface area contributed by atoms with Crippen LogP contribution in [-0.2, 0) is 9.47 Å². The molecular weight excluding hydrogens is 186 g/mol. The van der Waals surface area contributed by atoms with Crippen molar-refractivity contribution in [2.75, 3.05) is 20.0 Å². The standard InChI is InChI=1S/C9H19NO2S/c1-7-5-6-13-9(2,10-7)8(11-3)12-4/h7-8,10H,5-6H2,1-4H3.